The van der Waals surface area contributed by atoms with Gasteiger partial charge in [-0.05, 0) is 29.5 Å². The van der Waals surface area contributed by atoms with Crippen LogP contribution in [-0.2, 0) is 0 Å². The minimum Gasteiger partial charge on any atom is -0.327 e. The van der Waals surface area contributed by atoms with Crippen LogP contribution in [0.3, 0.4) is 0 Å². The van der Waals surface area contributed by atoms with Gasteiger partial charge in [0.1, 0.15) is 0 Å². The predicted octanol–water partition coefficient (Wildman–Crippen LogP) is 5.93. The smallest absolute Gasteiger partial charge is 0.321 e. The van der Waals surface area contributed by atoms with E-state index in [1.54, 1.807) is 11.8 Å². The molecule has 0 fully saturated rings. The van der Waals surface area contributed by atoms with E-state index >= 15 is 0 Å². The van der Waals surface area contributed by atoms with Crippen molar-refractivity contribution in [3.8, 4) is 0 Å². The summed E-state index contributed by atoms with van der Waals surface area (Å²) >= 11 is 3.13. The Labute approximate surface area is 172 Å². The molecule has 0 atom stereocenters. The van der Waals surface area contributed by atoms with Crippen molar-refractivity contribution < 1.29 is 4.79 Å². The van der Waals surface area contributed by atoms with E-state index in [1.165, 1.54) is 11.3 Å². The summed E-state index contributed by atoms with van der Waals surface area (Å²) in [6.45, 7) is 0. The Hall–Kier alpha value is -2.83. The highest BCUT2D eigenvalue weighted by Crippen LogP contribution is 2.32. The van der Waals surface area contributed by atoms with Crippen molar-refractivity contribution in [2.45, 2.75) is 10.9 Å². The number of hydrogen-bond donors (Lipinski definition) is 2. The third kappa shape index (κ3) is 4.03. The summed E-state index contributed by atoms with van der Waals surface area (Å²) in [6.07, 6.45) is 2.03. The van der Waals surface area contributed by atoms with Gasteiger partial charge in [-0.2, -0.15) is 0 Å². The van der Waals surface area contributed by atoms with Gasteiger partial charge in [0.2, 0.25) is 0 Å². The van der Waals surface area contributed by atoms with Crippen molar-refractivity contribution in [1.29, 1.82) is 0 Å². The first-order chi connectivity index (χ1) is 13.7. The number of thioether (sulfide) groups is 1. The third-order valence-electron chi connectivity index (χ3n) is 4.36. The Morgan fingerprint density at radius 2 is 1.57 bits per heavy atom. The molecule has 0 saturated heterocycles. The summed E-state index contributed by atoms with van der Waals surface area (Å²) < 4.78 is 1.06. The van der Waals surface area contributed by atoms with Crippen molar-refractivity contribution >= 4 is 44.5 Å². The molecule has 0 unspecified atom stereocenters. The lowest BCUT2D eigenvalue weighted by Crippen LogP contribution is -2.33. The molecule has 140 valence electrons. The standard InChI is InChI=1S/C22H19N3OS2/c1-27-17-13-8-14-18-20(17)24-22(28-18)25-21(26)23-19(15-9-4-2-5-10-15)16-11-6-3-7-12-16/h2-14,19H,1H3,(H2,23,24,25,26). The van der Waals surface area contributed by atoms with Gasteiger partial charge < -0.3 is 5.32 Å². The topological polar surface area (TPSA) is 54.0 Å². The summed E-state index contributed by atoms with van der Waals surface area (Å²) in [5.74, 6) is 0. The highest BCUT2D eigenvalue weighted by Gasteiger charge is 2.17. The zero-order valence-electron chi connectivity index (χ0n) is 15.3. The number of hydrogen-bond acceptors (Lipinski definition) is 4. The average molecular weight is 406 g/mol. The highest BCUT2D eigenvalue weighted by molar-refractivity contribution is 7.98. The van der Waals surface area contributed by atoms with Gasteiger partial charge in [-0.3, -0.25) is 5.32 Å². The molecule has 0 saturated carbocycles. The van der Waals surface area contributed by atoms with Gasteiger partial charge in [-0.25, -0.2) is 9.78 Å². The molecule has 0 aliphatic rings. The second-order valence-electron chi connectivity index (χ2n) is 6.18. The molecule has 0 aliphatic heterocycles. The summed E-state index contributed by atoms with van der Waals surface area (Å²) in [5, 5.41) is 6.57. The first kappa shape index (κ1) is 18.5. The van der Waals surface area contributed by atoms with Crippen LogP contribution in [0.4, 0.5) is 9.93 Å². The van der Waals surface area contributed by atoms with Crippen LogP contribution in [0.2, 0.25) is 0 Å². The van der Waals surface area contributed by atoms with Crippen molar-refractivity contribution in [3.05, 3.63) is 90.0 Å². The number of thiazole rings is 1. The van der Waals surface area contributed by atoms with Crippen LogP contribution in [0.1, 0.15) is 17.2 Å². The molecule has 1 aromatic heterocycles. The Bertz CT molecular complexity index is 1040. The number of fused-ring (bicyclic) bond motifs is 1. The van der Waals surface area contributed by atoms with Crippen LogP contribution in [0.25, 0.3) is 10.2 Å². The summed E-state index contributed by atoms with van der Waals surface area (Å²) in [6, 6.07) is 25.4. The number of nitrogens with zero attached hydrogens (tertiary/aromatic N) is 1. The molecule has 2 N–H and O–H groups in total. The minimum absolute atomic E-state index is 0.237. The summed E-state index contributed by atoms with van der Waals surface area (Å²) in [7, 11) is 0. The Balaban J connectivity index is 1.57. The van der Waals surface area contributed by atoms with Crippen LogP contribution < -0.4 is 10.6 Å². The second-order valence-corrected chi connectivity index (χ2v) is 8.06. The first-order valence-corrected chi connectivity index (χ1v) is 10.9. The van der Waals surface area contributed by atoms with E-state index in [1.807, 2.05) is 85.1 Å². The average Bonchev–Trinajstić information content (AvgIpc) is 3.15. The maximum absolute atomic E-state index is 12.7. The van der Waals surface area contributed by atoms with E-state index in [9.17, 15) is 4.79 Å². The minimum atomic E-state index is -0.275. The number of benzene rings is 3. The molecule has 4 nitrogen and oxygen atoms in total. The van der Waals surface area contributed by atoms with Gasteiger partial charge in [0.25, 0.3) is 0 Å². The SMILES string of the molecule is CSc1cccc2sc(NC(=O)NC(c3ccccc3)c3ccccc3)nc12. The highest BCUT2D eigenvalue weighted by atomic mass is 32.2. The Kier molecular flexibility index (Phi) is 5.60. The number of carbonyl (C=O) groups excluding carboxylic acids is 1. The van der Waals surface area contributed by atoms with Crippen LogP contribution >= 0.6 is 23.1 Å². The van der Waals surface area contributed by atoms with E-state index in [4.69, 9.17) is 0 Å². The zero-order chi connectivity index (χ0) is 19.3. The molecule has 1 heterocycles. The van der Waals surface area contributed by atoms with Gasteiger partial charge >= 0.3 is 6.03 Å². The molecule has 2 amide bonds. The quantitative estimate of drug-likeness (QED) is 0.405. The van der Waals surface area contributed by atoms with Gasteiger partial charge in [-0.1, -0.05) is 78.1 Å². The van der Waals surface area contributed by atoms with Crippen LogP contribution in [0, 0.1) is 0 Å². The molecular weight excluding hydrogens is 386 g/mol. The molecular formula is C22H19N3OS2. The number of anilines is 1. The molecule has 4 rings (SSSR count). The van der Waals surface area contributed by atoms with Gasteiger partial charge in [0.15, 0.2) is 5.13 Å². The van der Waals surface area contributed by atoms with E-state index in [-0.39, 0.29) is 12.1 Å². The number of aromatic nitrogens is 1. The monoisotopic (exact) mass is 405 g/mol. The molecule has 0 spiro atoms. The third-order valence-corrected chi connectivity index (χ3v) is 6.07. The lowest BCUT2D eigenvalue weighted by atomic mass is 9.99. The summed E-state index contributed by atoms with van der Waals surface area (Å²) in [4.78, 5) is 18.4. The number of carbonyl (C=O) groups is 1. The van der Waals surface area contributed by atoms with Crippen LogP contribution in [0.5, 0.6) is 0 Å². The molecule has 4 aromatic rings. The molecule has 0 bridgehead atoms. The molecule has 3 aromatic carbocycles. The Morgan fingerprint density at radius 1 is 0.929 bits per heavy atom. The fourth-order valence-electron chi connectivity index (χ4n) is 3.06. The molecule has 28 heavy (non-hydrogen) atoms. The fraction of sp³-hybridized carbons (Fsp3) is 0.0909. The van der Waals surface area contributed by atoms with E-state index in [0.717, 1.165) is 26.2 Å². The normalized spacial score (nSPS) is 10.9. The molecule has 0 aliphatic carbocycles. The van der Waals surface area contributed by atoms with E-state index in [2.05, 4.69) is 15.6 Å². The predicted molar refractivity (Wildman–Crippen MR) is 118 cm³/mol. The van der Waals surface area contributed by atoms with Crippen molar-refractivity contribution in [1.82, 2.24) is 10.3 Å². The van der Waals surface area contributed by atoms with Crippen LogP contribution in [-0.4, -0.2) is 17.3 Å². The second kappa shape index (κ2) is 8.46. The van der Waals surface area contributed by atoms with Crippen molar-refractivity contribution in [2.75, 3.05) is 11.6 Å². The number of amides is 2. The number of para-hydroxylation sites is 1. The van der Waals surface area contributed by atoms with Crippen molar-refractivity contribution in [3.63, 3.8) is 0 Å². The lowest BCUT2D eigenvalue weighted by molar-refractivity contribution is 0.250. The number of urea groups is 1. The first-order valence-electron chi connectivity index (χ1n) is 8.85. The number of nitrogens with one attached hydrogen (secondary N) is 2. The molecule has 0 radical (unpaired) electrons. The van der Waals surface area contributed by atoms with Gasteiger partial charge in [0.05, 0.1) is 16.3 Å². The van der Waals surface area contributed by atoms with E-state index < -0.39 is 0 Å². The summed E-state index contributed by atoms with van der Waals surface area (Å²) in [5.41, 5.74) is 2.98. The fourth-order valence-corrected chi connectivity index (χ4v) is 4.57. The van der Waals surface area contributed by atoms with Gasteiger partial charge in [-0.15, -0.1) is 11.8 Å². The lowest BCUT2D eigenvalue weighted by Gasteiger charge is -2.19. The zero-order valence-corrected chi connectivity index (χ0v) is 16.9. The Morgan fingerprint density at radius 3 is 2.18 bits per heavy atom. The van der Waals surface area contributed by atoms with E-state index in [0.29, 0.717) is 5.13 Å². The van der Waals surface area contributed by atoms with Crippen LogP contribution in [0.15, 0.2) is 83.8 Å². The van der Waals surface area contributed by atoms with Gasteiger partial charge in [0, 0.05) is 4.90 Å². The maximum Gasteiger partial charge on any atom is 0.321 e. The maximum atomic E-state index is 12.7. The largest absolute Gasteiger partial charge is 0.327 e. The number of rotatable bonds is 5. The van der Waals surface area contributed by atoms with Crippen molar-refractivity contribution in [2.24, 2.45) is 0 Å². The molecule has 6 heteroatoms.